The summed E-state index contributed by atoms with van der Waals surface area (Å²) in [4.78, 5) is 6.92. The van der Waals surface area contributed by atoms with Gasteiger partial charge in [-0.3, -0.25) is 9.89 Å². The first-order valence-electron chi connectivity index (χ1n) is 11.0. The summed E-state index contributed by atoms with van der Waals surface area (Å²) in [6.45, 7) is 1.84. The van der Waals surface area contributed by atoms with Gasteiger partial charge in [-0.1, -0.05) is 25.3 Å². The first-order valence-corrected chi connectivity index (χ1v) is 11.0. The minimum absolute atomic E-state index is 0.0215. The van der Waals surface area contributed by atoms with Crippen molar-refractivity contribution in [1.29, 1.82) is 0 Å². The Morgan fingerprint density at radius 3 is 2.55 bits per heavy atom. The van der Waals surface area contributed by atoms with Crippen molar-refractivity contribution in [2.24, 2.45) is 4.99 Å². The third kappa shape index (κ3) is 6.43. The number of hydrogen-bond acceptors (Lipinski definition) is 5. The molecule has 0 radical (unpaired) electrons. The molecule has 2 fully saturated rings. The molecule has 0 bridgehead atoms. The summed E-state index contributed by atoms with van der Waals surface area (Å²) >= 11 is 0. The zero-order valence-electron chi connectivity index (χ0n) is 18.5. The van der Waals surface area contributed by atoms with Gasteiger partial charge in [0.05, 0.1) is 20.3 Å². The number of methoxy groups -OCH3 is 1. The molecule has 9 heteroatoms. The van der Waals surface area contributed by atoms with Crippen molar-refractivity contribution in [2.75, 3.05) is 47.0 Å². The second-order valence-electron chi connectivity index (χ2n) is 8.03. The van der Waals surface area contributed by atoms with Crippen LogP contribution < -0.4 is 20.1 Å². The Bertz CT molecular complexity index is 721. The van der Waals surface area contributed by atoms with E-state index in [0.717, 1.165) is 38.4 Å². The third-order valence-electron chi connectivity index (χ3n) is 6.18. The monoisotopic (exact) mass is 440 g/mol. The first kappa shape index (κ1) is 23.5. The molecular formula is C22H34F2N4O3. The number of nitrogens with one attached hydrogen (secondary N) is 2. The standard InChI is InChI=1S/C22H34F2N4O3/c1-25-21(26-15-17-6-7-18(29-2)19(14-17)31-20(23)24)27-16-22(8-4-3-5-9-22)28-10-12-30-13-11-28/h6-7,14,20H,3-5,8-13,15-16H2,1-2H3,(H2,25,26,27). The third-order valence-corrected chi connectivity index (χ3v) is 6.18. The molecule has 1 saturated carbocycles. The fourth-order valence-electron chi connectivity index (χ4n) is 4.53. The first-order chi connectivity index (χ1) is 15.1. The summed E-state index contributed by atoms with van der Waals surface area (Å²) < 4.78 is 40.6. The maximum Gasteiger partial charge on any atom is 0.387 e. The lowest BCUT2D eigenvalue weighted by Gasteiger charge is -2.48. The van der Waals surface area contributed by atoms with E-state index in [9.17, 15) is 8.78 Å². The van der Waals surface area contributed by atoms with E-state index in [1.165, 1.54) is 39.2 Å². The molecule has 0 amide bonds. The van der Waals surface area contributed by atoms with Gasteiger partial charge in [-0.05, 0) is 30.5 Å². The molecular weight excluding hydrogens is 406 g/mol. The predicted molar refractivity (Wildman–Crippen MR) is 116 cm³/mol. The number of hydrogen-bond donors (Lipinski definition) is 2. The van der Waals surface area contributed by atoms with Gasteiger partial charge in [-0.15, -0.1) is 0 Å². The molecule has 0 atom stereocenters. The Morgan fingerprint density at radius 1 is 1.16 bits per heavy atom. The van der Waals surface area contributed by atoms with E-state index in [1.54, 1.807) is 19.2 Å². The summed E-state index contributed by atoms with van der Waals surface area (Å²) in [5.41, 5.74) is 0.915. The van der Waals surface area contributed by atoms with Crippen molar-refractivity contribution in [3.63, 3.8) is 0 Å². The van der Waals surface area contributed by atoms with Gasteiger partial charge in [-0.2, -0.15) is 8.78 Å². The largest absolute Gasteiger partial charge is 0.493 e. The van der Waals surface area contributed by atoms with Crippen LogP contribution >= 0.6 is 0 Å². The maximum atomic E-state index is 12.7. The Hall–Kier alpha value is -2.13. The van der Waals surface area contributed by atoms with Gasteiger partial charge < -0.3 is 24.8 Å². The van der Waals surface area contributed by atoms with Crippen molar-refractivity contribution in [2.45, 2.75) is 50.8 Å². The number of rotatable bonds is 8. The van der Waals surface area contributed by atoms with Gasteiger partial charge in [-0.25, -0.2) is 0 Å². The quantitative estimate of drug-likeness (QED) is 0.479. The highest BCUT2D eigenvalue weighted by Gasteiger charge is 2.38. The van der Waals surface area contributed by atoms with E-state index in [4.69, 9.17) is 9.47 Å². The normalized spacial score (nSPS) is 19.8. The number of morpholine rings is 1. The van der Waals surface area contributed by atoms with Crippen molar-refractivity contribution < 1.29 is 23.0 Å². The number of nitrogens with zero attached hydrogens (tertiary/aromatic N) is 2. The van der Waals surface area contributed by atoms with Crippen LogP contribution in [0.3, 0.4) is 0 Å². The van der Waals surface area contributed by atoms with E-state index in [1.807, 2.05) is 6.07 Å². The average Bonchev–Trinajstić information content (AvgIpc) is 2.80. The van der Waals surface area contributed by atoms with Crippen LogP contribution in [-0.2, 0) is 11.3 Å². The van der Waals surface area contributed by atoms with Crippen molar-refractivity contribution in [3.8, 4) is 11.5 Å². The molecule has 3 rings (SSSR count). The molecule has 1 heterocycles. The lowest BCUT2D eigenvalue weighted by Crippen LogP contribution is -2.60. The Kier molecular flexibility index (Phi) is 8.71. The van der Waals surface area contributed by atoms with Crippen LogP contribution in [0, 0.1) is 0 Å². The Balaban J connectivity index is 1.59. The molecule has 1 saturated heterocycles. The molecule has 1 aliphatic carbocycles. The van der Waals surface area contributed by atoms with Crippen LogP contribution in [-0.4, -0.2) is 70.0 Å². The summed E-state index contributed by atoms with van der Waals surface area (Å²) in [6, 6.07) is 5.00. The van der Waals surface area contributed by atoms with Crippen LogP contribution in [0.4, 0.5) is 8.78 Å². The number of ether oxygens (including phenoxy) is 3. The van der Waals surface area contributed by atoms with Gasteiger partial charge in [0, 0.05) is 38.8 Å². The van der Waals surface area contributed by atoms with Crippen LogP contribution in [0.5, 0.6) is 11.5 Å². The number of benzene rings is 1. The SMILES string of the molecule is CN=C(NCc1ccc(OC)c(OC(F)F)c1)NCC1(N2CCOCC2)CCCCC1. The summed E-state index contributed by atoms with van der Waals surface area (Å²) in [6.07, 6.45) is 6.11. The highest BCUT2D eigenvalue weighted by Crippen LogP contribution is 2.34. The fourth-order valence-corrected chi connectivity index (χ4v) is 4.53. The Morgan fingerprint density at radius 2 is 1.90 bits per heavy atom. The lowest BCUT2D eigenvalue weighted by molar-refractivity contribution is -0.0512. The molecule has 1 aromatic carbocycles. The topological polar surface area (TPSA) is 67.4 Å². The molecule has 0 aromatic heterocycles. The van der Waals surface area contributed by atoms with Crippen molar-refractivity contribution >= 4 is 5.96 Å². The van der Waals surface area contributed by atoms with Crippen LogP contribution in [0.1, 0.15) is 37.7 Å². The summed E-state index contributed by atoms with van der Waals surface area (Å²) in [5.74, 6) is 0.981. The molecule has 1 aliphatic heterocycles. The smallest absolute Gasteiger partial charge is 0.387 e. The number of aliphatic imine (C=N–C) groups is 1. The molecule has 0 spiro atoms. The zero-order chi connectivity index (χ0) is 22.1. The van der Waals surface area contributed by atoms with E-state index in [0.29, 0.717) is 12.5 Å². The average molecular weight is 441 g/mol. The zero-order valence-corrected chi connectivity index (χ0v) is 18.5. The molecule has 31 heavy (non-hydrogen) atoms. The predicted octanol–water partition coefficient (Wildman–Crippen LogP) is 3.00. The highest BCUT2D eigenvalue weighted by atomic mass is 19.3. The van der Waals surface area contributed by atoms with E-state index < -0.39 is 6.61 Å². The molecule has 174 valence electrons. The van der Waals surface area contributed by atoms with E-state index in [-0.39, 0.29) is 17.0 Å². The minimum Gasteiger partial charge on any atom is -0.493 e. The van der Waals surface area contributed by atoms with Crippen LogP contribution in [0.2, 0.25) is 0 Å². The number of alkyl halides is 2. The van der Waals surface area contributed by atoms with Gasteiger partial charge in [0.25, 0.3) is 0 Å². The van der Waals surface area contributed by atoms with Crippen molar-refractivity contribution in [1.82, 2.24) is 15.5 Å². The molecule has 2 aliphatic rings. The number of guanidine groups is 1. The van der Waals surface area contributed by atoms with Crippen molar-refractivity contribution in [3.05, 3.63) is 23.8 Å². The second kappa shape index (κ2) is 11.5. The van der Waals surface area contributed by atoms with Gasteiger partial charge >= 0.3 is 6.61 Å². The molecule has 1 aromatic rings. The lowest BCUT2D eigenvalue weighted by atomic mass is 9.80. The van der Waals surface area contributed by atoms with E-state index in [2.05, 4.69) is 25.3 Å². The van der Waals surface area contributed by atoms with E-state index >= 15 is 0 Å². The highest BCUT2D eigenvalue weighted by molar-refractivity contribution is 5.79. The summed E-state index contributed by atoms with van der Waals surface area (Å²) in [5, 5.41) is 6.77. The van der Waals surface area contributed by atoms with Crippen LogP contribution in [0.15, 0.2) is 23.2 Å². The van der Waals surface area contributed by atoms with Gasteiger partial charge in [0.15, 0.2) is 17.5 Å². The maximum absolute atomic E-state index is 12.7. The summed E-state index contributed by atoms with van der Waals surface area (Å²) in [7, 11) is 3.16. The molecule has 7 nitrogen and oxygen atoms in total. The number of halogens is 2. The Labute approximate surface area is 183 Å². The molecule has 0 unspecified atom stereocenters. The second-order valence-corrected chi connectivity index (χ2v) is 8.03. The van der Waals surface area contributed by atoms with Crippen LogP contribution in [0.25, 0.3) is 0 Å². The molecule has 2 N–H and O–H groups in total. The fraction of sp³-hybridized carbons (Fsp3) is 0.682. The minimum atomic E-state index is -2.90. The van der Waals surface area contributed by atoms with Gasteiger partial charge in [0.1, 0.15) is 0 Å². The van der Waals surface area contributed by atoms with Gasteiger partial charge in [0.2, 0.25) is 0 Å².